The van der Waals surface area contributed by atoms with Crippen LogP contribution >= 0.6 is 11.6 Å². The van der Waals surface area contributed by atoms with Crippen LogP contribution in [-0.4, -0.2) is 24.6 Å². The molecular formula is C5H11ClN2. The van der Waals surface area contributed by atoms with Gasteiger partial charge < -0.3 is 10.6 Å². The predicted molar refractivity (Wildman–Crippen MR) is 35.1 cm³/mol. The third kappa shape index (κ3) is 1.34. The lowest BCUT2D eigenvalue weighted by Gasteiger charge is -2.25. The molecule has 1 aliphatic rings. The maximum absolute atomic E-state index is 7.56. The standard InChI is InChI=1S/C5H11ClN2/c1-4-5(6)2-7-3-8-4/h4-5,7-8H,2-3H2,1H3/t4-,5?/m0/s1/i4D,5D. The van der Waals surface area contributed by atoms with E-state index < -0.39 is 11.4 Å². The molecule has 0 aliphatic carbocycles. The van der Waals surface area contributed by atoms with Gasteiger partial charge in [-0.3, -0.25) is 0 Å². The summed E-state index contributed by atoms with van der Waals surface area (Å²) in [5.74, 6) is 0. The summed E-state index contributed by atoms with van der Waals surface area (Å²) in [6.07, 6.45) is 0. The minimum absolute atomic E-state index is 0.349. The van der Waals surface area contributed by atoms with Crippen LogP contribution in [-0.2, 0) is 0 Å². The molecule has 0 saturated carbocycles. The van der Waals surface area contributed by atoms with E-state index in [1.54, 1.807) is 6.92 Å². The van der Waals surface area contributed by atoms with Crippen LogP contribution in [0.3, 0.4) is 0 Å². The van der Waals surface area contributed by atoms with Crippen LogP contribution in [0, 0.1) is 0 Å². The normalized spacial score (nSPS) is 61.8. The number of halogens is 1. The highest BCUT2D eigenvalue weighted by molar-refractivity contribution is 6.21. The van der Waals surface area contributed by atoms with Crippen LogP contribution in [0.2, 0.25) is 0 Å². The first kappa shape index (κ1) is 4.09. The lowest BCUT2D eigenvalue weighted by molar-refractivity contribution is 0.416. The zero-order chi connectivity index (χ0) is 7.83. The second kappa shape index (κ2) is 2.67. The molecule has 1 unspecified atom stereocenters. The number of alkyl halides is 1. The number of hydrogen-bond donors (Lipinski definition) is 2. The Balaban J connectivity index is 2.70. The molecule has 1 heterocycles. The average Bonchev–Trinajstić information content (AvgIpc) is 1.77. The van der Waals surface area contributed by atoms with Crippen LogP contribution in [0.15, 0.2) is 0 Å². The molecule has 1 aliphatic heterocycles. The van der Waals surface area contributed by atoms with Crippen molar-refractivity contribution < 1.29 is 2.74 Å². The monoisotopic (exact) mass is 136 g/mol. The van der Waals surface area contributed by atoms with E-state index >= 15 is 0 Å². The molecule has 1 saturated heterocycles. The fourth-order valence-electron chi connectivity index (χ4n) is 0.596. The summed E-state index contributed by atoms with van der Waals surface area (Å²) in [5.41, 5.74) is 0. The quantitative estimate of drug-likeness (QED) is 0.463. The molecule has 0 radical (unpaired) electrons. The molecule has 0 bridgehead atoms. The number of rotatable bonds is 0. The van der Waals surface area contributed by atoms with Crippen LogP contribution in [0.1, 0.15) is 9.67 Å². The molecule has 48 valence electrons. The van der Waals surface area contributed by atoms with Crippen molar-refractivity contribution in [1.29, 1.82) is 0 Å². The first-order valence-electron chi connectivity index (χ1n) is 3.60. The molecule has 3 heteroatoms. The summed E-state index contributed by atoms with van der Waals surface area (Å²) in [6, 6.07) is -1.06. The zero-order valence-electron chi connectivity index (χ0n) is 6.79. The Hall–Kier alpha value is 0.210. The lowest BCUT2D eigenvalue weighted by Crippen LogP contribution is -2.50. The van der Waals surface area contributed by atoms with Crippen molar-refractivity contribution in [3.8, 4) is 0 Å². The summed E-state index contributed by atoms with van der Waals surface area (Å²) in [4.78, 5) is 0. The molecule has 2 nitrogen and oxygen atoms in total. The van der Waals surface area contributed by atoms with Crippen LogP contribution < -0.4 is 10.6 Å². The summed E-state index contributed by atoms with van der Waals surface area (Å²) >= 11 is 5.72. The van der Waals surface area contributed by atoms with Crippen molar-refractivity contribution in [3.05, 3.63) is 0 Å². The lowest BCUT2D eigenvalue weighted by atomic mass is 10.2. The Morgan fingerprint density at radius 1 is 1.88 bits per heavy atom. The SMILES string of the molecule is [2H]C1(Cl)CNCN[C@@]1([2H])C. The Kier molecular flexibility index (Phi) is 1.37. The fraction of sp³-hybridized carbons (Fsp3) is 1.00. The van der Waals surface area contributed by atoms with Gasteiger partial charge in [0.1, 0.15) is 0 Å². The van der Waals surface area contributed by atoms with E-state index in [2.05, 4.69) is 10.6 Å². The van der Waals surface area contributed by atoms with Gasteiger partial charge in [0.15, 0.2) is 0 Å². The van der Waals surface area contributed by atoms with Crippen LogP contribution in [0.5, 0.6) is 0 Å². The van der Waals surface area contributed by atoms with E-state index in [1.165, 1.54) is 0 Å². The minimum Gasteiger partial charge on any atom is -0.303 e. The van der Waals surface area contributed by atoms with Gasteiger partial charge in [-0.1, -0.05) is 0 Å². The van der Waals surface area contributed by atoms with E-state index in [4.69, 9.17) is 14.3 Å². The first-order valence-corrected chi connectivity index (χ1v) is 2.98. The topological polar surface area (TPSA) is 24.1 Å². The highest BCUT2D eigenvalue weighted by Crippen LogP contribution is 2.02. The van der Waals surface area contributed by atoms with E-state index in [0.29, 0.717) is 13.2 Å². The Labute approximate surface area is 57.4 Å². The molecule has 1 rings (SSSR count). The smallest absolute Gasteiger partial charge is 0.0611 e. The van der Waals surface area contributed by atoms with Gasteiger partial charge in [-0.25, -0.2) is 0 Å². The molecule has 0 aromatic carbocycles. The van der Waals surface area contributed by atoms with Gasteiger partial charge in [0.2, 0.25) is 0 Å². The third-order valence-electron chi connectivity index (χ3n) is 1.17. The van der Waals surface area contributed by atoms with E-state index in [9.17, 15) is 0 Å². The van der Waals surface area contributed by atoms with Crippen molar-refractivity contribution >= 4 is 11.6 Å². The van der Waals surface area contributed by atoms with Crippen molar-refractivity contribution in [2.45, 2.75) is 18.3 Å². The van der Waals surface area contributed by atoms with Crippen molar-refractivity contribution in [3.63, 3.8) is 0 Å². The van der Waals surface area contributed by atoms with Crippen LogP contribution in [0.4, 0.5) is 0 Å². The second-order valence-corrected chi connectivity index (χ2v) is 2.27. The van der Waals surface area contributed by atoms with Gasteiger partial charge in [-0.2, -0.15) is 0 Å². The second-order valence-electron chi connectivity index (χ2n) is 1.81. The average molecular weight is 137 g/mol. The molecule has 0 amide bonds. The van der Waals surface area contributed by atoms with Crippen LogP contribution in [0.25, 0.3) is 0 Å². The fourth-order valence-corrected chi connectivity index (χ4v) is 0.757. The molecule has 8 heavy (non-hydrogen) atoms. The van der Waals surface area contributed by atoms with Crippen molar-refractivity contribution in [2.75, 3.05) is 13.2 Å². The Morgan fingerprint density at radius 3 is 3.00 bits per heavy atom. The summed E-state index contributed by atoms with van der Waals surface area (Å²) < 4.78 is 15.0. The highest BCUT2D eigenvalue weighted by atomic mass is 35.5. The maximum atomic E-state index is 7.56. The predicted octanol–water partition coefficient (Wildman–Crippen LogP) is 0.133. The minimum atomic E-state index is -1.26. The van der Waals surface area contributed by atoms with Gasteiger partial charge >= 0.3 is 0 Å². The van der Waals surface area contributed by atoms with Gasteiger partial charge in [0, 0.05) is 20.6 Å². The van der Waals surface area contributed by atoms with Gasteiger partial charge in [0.05, 0.1) is 6.72 Å². The maximum Gasteiger partial charge on any atom is 0.0611 e. The Morgan fingerprint density at radius 2 is 2.62 bits per heavy atom. The zero-order valence-corrected chi connectivity index (χ0v) is 5.55. The van der Waals surface area contributed by atoms with Crippen molar-refractivity contribution in [2.24, 2.45) is 0 Å². The summed E-state index contributed by atoms with van der Waals surface area (Å²) in [5, 5.41) is 4.41. The third-order valence-corrected chi connectivity index (χ3v) is 1.58. The molecular weight excluding hydrogens is 124 g/mol. The molecule has 1 fully saturated rings. The molecule has 0 spiro atoms. The van der Waals surface area contributed by atoms with Gasteiger partial charge in [-0.05, 0) is 6.92 Å². The van der Waals surface area contributed by atoms with Crippen molar-refractivity contribution in [1.82, 2.24) is 10.6 Å². The number of hydrogen-bond acceptors (Lipinski definition) is 2. The molecule has 2 N–H and O–H groups in total. The summed E-state index contributed by atoms with van der Waals surface area (Å²) in [7, 11) is 0. The van der Waals surface area contributed by atoms with E-state index in [1.807, 2.05) is 0 Å². The van der Waals surface area contributed by atoms with E-state index in [-0.39, 0.29) is 0 Å². The first-order chi connectivity index (χ1) is 4.46. The molecule has 0 aromatic rings. The van der Waals surface area contributed by atoms with Gasteiger partial charge in [-0.15, -0.1) is 11.6 Å². The molecule has 0 aromatic heterocycles. The van der Waals surface area contributed by atoms with E-state index in [0.717, 1.165) is 0 Å². The number of nitrogens with one attached hydrogen (secondary N) is 2. The summed E-state index contributed by atoms with van der Waals surface area (Å²) in [6.45, 7) is 2.50. The Bertz CT molecular complexity index is 122. The largest absolute Gasteiger partial charge is 0.303 e. The highest BCUT2D eigenvalue weighted by Gasteiger charge is 2.16. The van der Waals surface area contributed by atoms with Gasteiger partial charge in [0.25, 0.3) is 0 Å². The molecule has 2 atom stereocenters.